The van der Waals surface area contributed by atoms with E-state index >= 15 is 0 Å². The summed E-state index contributed by atoms with van der Waals surface area (Å²) in [4.78, 5) is 18.5. The molecule has 0 amide bonds. The molecule has 59 heavy (non-hydrogen) atoms. The lowest BCUT2D eigenvalue weighted by molar-refractivity contribution is 0.768. The van der Waals surface area contributed by atoms with E-state index in [4.69, 9.17) is 15.0 Å². The van der Waals surface area contributed by atoms with Crippen molar-refractivity contribution in [3.63, 3.8) is 0 Å². The van der Waals surface area contributed by atoms with Gasteiger partial charge in [0.15, 0.2) is 5.82 Å². The minimum atomic E-state index is -0.539. The predicted octanol–water partition coefficient (Wildman–Crippen LogP) is 13.0. The summed E-state index contributed by atoms with van der Waals surface area (Å²) in [5.74, 6) is 2.14. The molecule has 12 rings (SSSR count). The Hall–Kier alpha value is -7.89. The molecular formula is C54H35N5. The lowest BCUT2D eigenvalue weighted by Gasteiger charge is -2.34. The van der Waals surface area contributed by atoms with Gasteiger partial charge < -0.3 is 0 Å². The highest BCUT2D eigenvalue weighted by atomic mass is 15.4. The zero-order valence-electron chi connectivity index (χ0n) is 31.9. The second kappa shape index (κ2) is 13.1. The molecule has 0 fully saturated rings. The van der Waals surface area contributed by atoms with Crippen LogP contribution in [0, 0.1) is 0 Å². The van der Waals surface area contributed by atoms with Crippen LogP contribution < -0.4 is 4.90 Å². The van der Waals surface area contributed by atoms with Gasteiger partial charge in [-0.1, -0.05) is 182 Å². The highest BCUT2D eigenvalue weighted by Gasteiger charge is 2.47. The van der Waals surface area contributed by atoms with E-state index in [1.807, 2.05) is 18.2 Å². The SMILES string of the molecule is c1ccc(-c2nc(-c3cccc4c3-c3ccccc3C4(c3ccccc3)c3ccccc3)cc(N3c4ccccc4-c4ccccc4-n4c3nc3ccccc34)n2)cc1. The zero-order chi connectivity index (χ0) is 38.9. The van der Waals surface area contributed by atoms with E-state index in [-0.39, 0.29) is 0 Å². The number of hydrogen-bond donors (Lipinski definition) is 0. The molecule has 10 aromatic rings. The van der Waals surface area contributed by atoms with E-state index in [0.717, 1.165) is 62.1 Å². The second-order valence-electron chi connectivity index (χ2n) is 15.2. The largest absolute Gasteiger partial charge is 0.277 e. The van der Waals surface area contributed by atoms with Crippen LogP contribution in [0.25, 0.3) is 61.6 Å². The molecule has 5 nitrogen and oxygen atoms in total. The number of aromatic nitrogens is 4. The Morgan fingerprint density at radius 1 is 0.407 bits per heavy atom. The second-order valence-corrected chi connectivity index (χ2v) is 15.2. The van der Waals surface area contributed by atoms with E-state index in [1.165, 1.54) is 33.4 Å². The van der Waals surface area contributed by atoms with Crippen molar-refractivity contribution < 1.29 is 0 Å². The Balaban J connectivity index is 1.17. The molecule has 5 heteroatoms. The summed E-state index contributed by atoms with van der Waals surface area (Å²) in [6.45, 7) is 0. The van der Waals surface area contributed by atoms with Crippen LogP contribution in [0.5, 0.6) is 0 Å². The number of benzene rings is 8. The molecule has 276 valence electrons. The molecule has 0 saturated heterocycles. The minimum Gasteiger partial charge on any atom is -0.277 e. The molecule has 8 aromatic carbocycles. The van der Waals surface area contributed by atoms with Crippen molar-refractivity contribution in [3.05, 3.63) is 235 Å². The quantitative estimate of drug-likeness (QED) is 0.176. The van der Waals surface area contributed by atoms with Gasteiger partial charge in [-0.25, -0.2) is 15.0 Å². The van der Waals surface area contributed by atoms with Gasteiger partial charge in [-0.3, -0.25) is 9.47 Å². The summed E-state index contributed by atoms with van der Waals surface area (Å²) in [6, 6.07) is 75.5. The molecule has 1 aliphatic heterocycles. The highest BCUT2D eigenvalue weighted by Crippen LogP contribution is 2.58. The Morgan fingerprint density at radius 3 is 1.71 bits per heavy atom. The number of nitrogens with zero attached hydrogens (tertiary/aromatic N) is 5. The fourth-order valence-corrected chi connectivity index (χ4v) is 9.64. The lowest BCUT2D eigenvalue weighted by atomic mass is 9.67. The first-order chi connectivity index (χ1) is 29.3. The Bertz CT molecular complexity index is 3190. The third kappa shape index (κ3) is 4.88. The van der Waals surface area contributed by atoms with Crippen LogP contribution in [0.1, 0.15) is 22.3 Å². The first-order valence-electron chi connectivity index (χ1n) is 20.0. The van der Waals surface area contributed by atoms with E-state index < -0.39 is 5.41 Å². The first kappa shape index (κ1) is 33.3. The van der Waals surface area contributed by atoms with Crippen LogP contribution in [0.4, 0.5) is 17.5 Å². The van der Waals surface area contributed by atoms with E-state index in [2.05, 4.69) is 204 Å². The van der Waals surface area contributed by atoms with Gasteiger partial charge in [0.1, 0.15) is 5.82 Å². The fraction of sp³-hybridized carbons (Fsp3) is 0.0185. The molecule has 2 aromatic heterocycles. The van der Waals surface area contributed by atoms with Gasteiger partial charge >= 0.3 is 0 Å². The van der Waals surface area contributed by atoms with Crippen molar-refractivity contribution in [1.29, 1.82) is 0 Å². The van der Waals surface area contributed by atoms with Crippen molar-refractivity contribution >= 4 is 28.5 Å². The summed E-state index contributed by atoms with van der Waals surface area (Å²) in [5.41, 5.74) is 15.8. The normalized spacial score (nSPS) is 13.2. The van der Waals surface area contributed by atoms with Crippen LogP contribution in [-0.4, -0.2) is 19.5 Å². The maximum Gasteiger partial charge on any atom is 0.221 e. The number of rotatable bonds is 5. The number of para-hydroxylation sites is 4. The molecule has 0 bridgehead atoms. The Morgan fingerprint density at radius 2 is 0.966 bits per heavy atom. The molecule has 0 saturated carbocycles. The van der Waals surface area contributed by atoms with E-state index in [0.29, 0.717) is 5.82 Å². The van der Waals surface area contributed by atoms with Crippen molar-refractivity contribution in [2.45, 2.75) is 5.41 Å². The maximum atomic E-state index is 5.47. The third-order valence-electron chi connectivity index (χ3n) is 12.1. The van der Waals surface area contributed by atoms with Gasteiger partial charge in [0.25, 0.3) is 0 Å². The fourth-order valence-electron chi connectivity index (χ4n) is 9.64. The topological polar surface area (TPSA) is 46.8 Å². The summed E-state index contributed by atoms with van der Waals surface area (Å²) in [6.07, 6.45) is 0. The molecule has 2 aliphatic rings. The number of imidazole rings is 1. The van der Waals surface area contributed by atoms with Crippen LogP contribution in [-0.2, 0) is 5.41 Å². The smallest absolute Gasteiger partial charge is 0.221 e. The molecular weight excluding hydrogens is 719 g/mol. The molecule has 0 spiro atoms. The summed E-state index contributed by atoms with van der Waals surface area (Å²) < 4.78 is 2.28. The van der Waals surface area contributed by atoms with Crippen molar-refractivity contribution in [2.24, 2.45) is 0 Å². The van der Waals surface area contributed by atoms with Gasteiger partial charge in [0.2, 0.25) is 5.95 Å². The molecule has 0 radical (unpaired) electrons. The minimum absolute atomic E-state index is 0.539. The highest BCUT2D eigenvalue weighted by molar-refractivity contribution is 5.98. The maximum absolute atomic E-state index is 5.47. The average Bonchev–Trinajstić information content (AvgIpc) is 3.80. The third-order valence-corrected chi connectivity index (χ3v) is 12.1. The number of fused-ring (bicyclic) bond motifs is 10. The van der Waals surface area contributed by atoms with Gasteiger partial charge in [-0.15, -0.1) is 0 Å². The number of anilines is 3. The molecule has 0 atom stereocenters. The number of hydrogen-bond acceptors (Lipinski definition) is 4. The Kier molecular flexibility index (Phi) is 7.38. The van der Waals surface area contributed by atoms with Crippen LogP contribution in [0.2, 0.25) is 0 Å². The van der Waals surface area contributed by atoms with E-state index in [9.17, 15) is 0 Å². The summed E-state index contributed by atoms with van der Waals surface area (Å²) in [5, 5.41) is 0. The average molecular weight is 754 g/mol. The van der Waals surface area contributed by atoms with Gasteiger partial charge in [-0.2, -0.15) is 0 Å². The predicted molar refractivity (Wildman–Crippen MR) is 239 cm³/mol. The van der Waals surface area contributed by atoms with Gasteiger partial charge in [0, 0.05) is 28.3 Å². The molecule has 1 aliphatic carbocycles. The standard InChI is InChI=1S/C54H35N5/c1-4-19-36(20-5-1)52-55-46(42-28-18-30-44-51(42)41-27-10-13-29-43(41)54(44,37-21-6-2-7-22-37)38-23-8-3-9-24-38)35-50(57-52)59-48-33-16-12-26-40(48)39-25-11-15-32-47(39)58-49-34-17-14-31-45(49)56-53(58)59/h1-35H. The summed E-state index contributed by atoms with van der Waals surface area (Å²) in [7, 11) is 0. The van der Waals surface area contributed by atoms with Gasteiger partial charge in [0.05, 0.1) is 33.5 Å². The van der Waals surface area contributed by atoms with Crippen LogP contribution in [0.3, 0.4) is 0 Å². The lowest BCUT2D eigenvalue weighted by Crippen LogP contribution is -2.28. The first-order valence-corrected chi connectivity index (χ1v) is 20.0. The Labute approximate surface area is 342 Å². The van der Waals surface area contributed by atoms with E-state index in [1.54, 1.807) is 0 Å². The van der Waals surface area contributed by atoms with Gasteiger partial charge in [-0.05, 0) is 57.6 Å². The summed E-state index contributed by atoms with van der Waals surface area (Å²) >= 11 is 0. The van der Waals surface area contributed by atoms with Crippen molar-refractivity contribution in [2.75, 3.05) is 4.90 Å². The zero-order valence-corrected chi connectivity index (χ0v) is 31.9. The monoisotopic (exact) mass is 753 g/mol. The molecule has 3 heterocycles. The van der Waals surface area contributed by atoms with Crippen molar-refractivity contribution in [1.82, 2.24) is 19.5 Å². The molecule has 0 N–H and O–H groups in total. The van der Waals surface area contributed by atoms with Crippen molar-refractivity contribution in [3.8, 4) is 50.6 Å². The van der Waals surface area contributed by atoms with Crippen LogP contribution >= 0.6 is 0 Å². The molecule has 0 unspecified atom stereocenters. The van der Waals surface area contributed by atoms with Crippen LogP contribution in [0.15, 0.2) is 212 Å².